The predicted molar refractivity (Wildman–Crippen MR) is 94.1 cm³/mol. The fourth-order valence-corrected chi connectivity index (χ4v) is 2.98. The van der Waals surface area contributed by atoms with Crippen molar-refractivity contribution < 1.29 is 10.8 Å². The summed E-state index contributed by atoms with van der Waals surface area (Å²) in [5.74, 6) is 1.81. The van der Waals surface area contributed by atoms with Crippen LogP contribution in [-0.4, -0.2) is 49.3 Å². The van der Waals surface area contributed by atoms with Crippen LogP contribution in [0.1, 0.15) is 7.79 Å². The normalized spacial score (nSPS) is 17.5. The van der Waals surface area contributed by atoms with Gasteiger partial charge in [-0.3, -0.25) is 5.10 Å². The van der Waals surface area contributed by atoms with Gasteiger partial charge in [0.15, 0.2) is 11.6 Å². The monoisotopic (exact) mass is 349 g/mol. The molecule has 0 spiro atoms. The average molecular weight is 349 g/mol. The highest BCUT2D eigenvalue weighted by atomic mass is 16.5. The van der Waals surface area contributed by atoms with E-state index < -0.39 is 0 Å². The molecule has 1 aromatic carbocycles. The highest BCUT2D eigenvalue weighted by Crippen LogP contribution is 2.28. The van der Waals surface area contributed by atoms with Crippen molar-refractivity contribution in [2.24, 2.45) is 0 Å². The van der Waals surface area contributed by atoms with Gasteiger partial charge in [-0.15, -0.1) is 0 Å². The molecule has 4 heterocycles. The van der Waals surface area contributed by atoms with E-state index in [0.29, 0.717) is 30.0 Å². The van der Waals surface area contributed by atoms with Crippen LogP contribution in [-0.2, 0) is 4.74 Å². The molecule has 1 N–H and O–H groups in total. The SMILES string of the molecule is [2H]c1cnn(-c2ccnc(-c3n[nH]c4ccc(O[C@@H]5CCOC5)cc34)n2)c1. The van der Waals surface area contributed by atoms with Gasteiger partial charge in [-0.1, -0.05) is 0 Å². The van der Waals surface area contributed by atoms with Gasteiger partial charge in [-0.05, 0) is 24.2 Å². The standard InChI is InChI=1S/C18H16N6O2/c1-6-20-24(8-1)16-4-7-19-18(21-16)17-14-10-12(2-3-15(14)22-23-17)26-13-5-9-25-11-13/h1-4,6-8,10,13H,5,9,11H2,(H,22,23)/t13-/m1/s1/i1D. The lowest BCUT2D eigenvalue weighted by Crippen LogP contribution is -2.15. The van der Waals surface area contributed by atoms with E-state index in [9.17, 15) is 0 Å². The Bertz CT molecular complexity index is 1100. The molecule has 0 unspecified atom stereocenters. The van der Waals surface area contributed by atoms with Crippen molar-refractivity contribution >= 4 is 10.9 Å². The number of aromatic nitrogens is 6. The summed E-state index contributed by atoms with van der Waals surface area (Å²) in [6.45, 7) is 1.35. The van der Waals surface area contributed by atoms with Gasteiger partial charge >= 0.3 is 0 Å². The molecular formula is C18H16N6O2. The van der Waals surface area contributed by atoms with Crippen molar-refractivity contribution in [3.05, 3.63) is 48.9 Å². The summed E-state index contributed by atoms with van der Waals surface area (Å²) in [7, 11) is 0. The molecule has 1 fully saturated rings. The Morgan fingerprint density at radius 2 is 2.31 bits per heavy atom. The first-order valence-corrected chi connectivity index (χ1v) is 8.34. The zero-order chi connectivity index (χ0) is 18.2. The third-order valence-corrected chi connectivity index (χ3v) is 4.27. The summed E-state index contributed by atoms with van der Waals surface area (Å²) in [6.07, 6.45) is 5.67. The van der Waals surface area contributed by atoms with Gasteiger partial charge < -0.3 is 9.47 Å². The number of fused-ring (bicyclic) bond motifs is 1. The molecule has 5 rings (SSSR count). The van der Waals surface area contributed by atoms with Crippen LogP contribution in [0, 0.1) is 0 Å². The zero-order valence-corrected chi connectivity index (χ0v) is 13.8. The molecule has 26 heavy (non-hydrogen) atoms. The number of nitrogens with one attached hydrogen (secondary N) is 1. The van der Waals surface area contributed by atoms with Crippen molar-refractivity contribution in [1.82, 2.24) is 29.9 Å². The first kappa shape index (κ1) is 14.0. The molecule has 1 aliphatic rings. The lowest BCUT2D eigenvalue weighted by Gasteiger charge is -2.11. The fourth-order valence-electron chi connectivity index (χ4n) is 2.98. The molecule has 0 amide bonds. The molecule has 1 atom stereocenters. The van der Waals surface area contributed by atoms with Crippen LogP contribution in [0.5, 0.6) is 5.75 Å². The van der Waals surface area contributed by atoms with E-state index >= 15 is 0 Å². The fraction of sp³-hybridized carbons (Fsp3) is 0.222. The Hall–Kier alpha value is -3.26. The van der Waals surface area contributed by atoms with Gasteiger partial charge in [0.1, 0.15) is 17.5 Å². The summed E-state index contributed by atoms with van der Waals surface area (Å²) in [5.41, 5.74) is 1.51. The van der Waals surface area contributed by atoms with E-state index in [2.05, 4.69) is 25.3 Å². The zero-order valence-electron chi connectivity index (χ0n) is 14.8. The van der Waals surface area contributed by atoms with E-state index in [0.717, 1.165) is 29.7 Å². The van der Waals surface area contributed by atoms with E-state index in [1.165, 1.54) is 10.9 Å². The van der Waals surface area contributed by atoms with Crippen molar-refractivity contribution in [3.63, 3.8) is 0 Å². The lowest BCUT2D eigenvalue weighted by molar-refractivity contribution is 0.141. The summed E-state index contributed by atoms with van der Waals surface area (Å²) in [4.78, 5) is 8.90. The molecule has 0 bridgehead atoms. The maximum atomic E-state index is 7.61. The minimum absolute atomic E-state index is 0.0799. The highest BCUT2D eigenvalue weighted by molar-refractivity contribution is 5.92. The minimum Gasteiger partial charge on any atom is -0.488 e. The van der Waals surface area contributed by atoms with Gasteiger partial charge in [0.25, 0.3) is 0 Å². The number of hydrogen-bond donors (Lipinski definition) is 1. The number of rotatable bonds is 4. The molecule has 0 aliphatic carbocycles. The van der Waals surface area contributed by atoms with Crippen molar-refractivity contribution in [1.29, 1.82) is 0 Å². The first-order valence-electron chi connectivity index (χ1n) is 8.84. The number of aromatic amines is 1. The van der Waals surface area contributed by atoms with Crippen molar-refractivity contribution in [3.8, 4) is 23.1 Å². The summed E-state index contributed by atoms with van der Waals surface area (Å²) < 4.78 is 20.5. The van der Waals surface area contributed by atoms with E-state index in [-0.39, 0.29) is 6.10 Å². The first-order chi connectivity index (χ1) is 13.3. The minimum atomic E-state index is 0.0799. The molecule has 4 aromatic rings. The van der Waals surface area contributed by atoms with Crippen LogP contribution < -0.4 is 4.74 Å². The van der Waals surface area contributed by atoms with Crippen LogP contribution >= 0.6 is 0 Å². The third-order valence-electron chi connectivity index (χ3n) is 4.27. The van der Waals surface area contributed by atoms with Gasteiger partial charge in [0, 0.05) is 36.5 Å². The maximum absolute atomic E-state index is 7.61. The smallest absolute Gasteiger partial charge is 0.182 e. The Labute approximate surface area is 150 Å². The Morgan fingerprint density at radius 3 is 3.15 bits per heavy atom. The number of hydrogen-bond acceptors (Lipinski definition) is 6. The Kier molecular flexibility index (Phi) is 3.35. The topological polar surface area (TPSA) is 90.7 Å². The summed E-state index contributed by atoms with van der Waals surface area (Å²) >= 11 is 0. The van der Waals surface area contributed by atoms with Crippen LogP contribution in [0.15, 0.2) is 48.9 Å². The maximum Gasteiger partial charge on any atom is 0.182 e. The average Bonchev–Trinajstić information content (AvgIpc) is 3.43. The van der Waals surface area contributed by atoms with Crippen molar-refractivity contribution in [2.45, 2.75) is 12.5 Å². The number of benzene rings is 1. The van der Waals surface area contributed by atoms with Gasteiger partial charge in [0.05, 0.1) is 20.1 Å². The van der Waals surface area contributed by atoms with Crippen LogP contribution in [0.3, 0.4) is 0 Å². The van der Waals surface area contributed by atoms with Gasteiger partial charge in [0.2, 0.25) is 0 Å². The molecule has 130 valence electrons. The number of ether oxygens (including phenoxy) is 2. The second-order valence-electron chi connectivity index (χ2n) is 6.01. The molecule has 0 saturated carbocycles. The van der Waals surface area contributed by atoms with Crippen LogP contribution in [0.4, 0.5) is 0 Å². The molecule has 8 heteroatoms. The van der Waals surface area contributed by atoms with Crippen LogP contribution in [0.2, 0.25) is 0 Å². The summed E-state index contributed by atoms with van der Waals surface area (Å²) in [5, 5.41) is 12.4. The molecule has 1 aliphatic heterocycles. The number of H-pyrrole nitrogens is 1. The number of nitrogens with zero attached hydrogens (tertiary/aromatic N) is 5. The molecule has 8 nitrogen and oxygen atoms in total. The van der Waals surface area contributed by atoms with Gasteiger partial charge in [-0.25, -0.2) is 14.6 Å². The lowest BCUT2D eigenvalue weighted by atomic mass is 10.2. The Morgan fingerprint density at radius 1 is 1.31 bits per heavy atom. The molecular weight excluding hydrogens is 332 g/mol. The second-order valence-corrected chi connectivity index (χ2v) is 6.01. The second kappa shape index (κ2) is 6.23. The highest BCUT2D eigenvalue weighted by Gasteiger charge is 2.18. The Balaban J connectivity index is 1.52. The summed E-state index contributed by atoms with van der Waals surface area (Å²) in [6, 6.07) is 7.84. The van der Waals surface area contributed by atoms with E-state index in [1.54, 1.807) is 18.5 Å². The molecule has 1 saturated heterocycles. The van der Waals surface area contributed by atoms with Crippen molar-refractivity contribution in [2.75, 3.05) is 13.2 Å². The largest absolute Gasteiger partial charge is 0.488 e. The van der Waals surface area contributed by atoms with E-state index in [1.807, 2.05) is 18.2 Å². The molecule has 0 radical (unpaired) electrons. The predicted octanol–water partition coefficient (Wildman–Crippen LogP) is 2.37. The van der Waals surface area contributed by atoms with E-state index in [4.69, 9.17) is 10.8 Å². The quantitative estimate of drug-likeness (QED) is 0.608. The van der Waals surface area contributed by atoms with Crippen LogP contribution in [0.25, 0.3) is 28.2 Å². The van der Waals surface area contributed by atoms with Gasteiger partial charge in [-0.2, -0.15) is 10.2 Å². The third kappa shape index (κ3) is 2.70. The molecule has 3 aromatic heterocycles.